The lowest BCUT2D eigenvalue weighted by Crippen LogP contribution is -2.61. The molecule has 828 valence electrons. The average molecular weight is 2100 g/mol. The molecule has 0 aliphatic carbocycles. The lowest BCUT2D eigenvalue weighted by Gasteiger charge is -2.30. The summed E-state index contributed by atoms with van der Waals surface area (Å²) in [7, 11) is 0. The van der Waals surface area contributed by atoms with E-state index in [1.54, 1.807) is 27.7 Å². The number of carbonyl (C=O) groups excluding carboxylic acids is 21. The van der Waals surface area contributed by atoms with Crippen LogP contribution in [-0.4, -0.2) is 355 Å². The van der Waals surface area contributed by atoms with Crippen LogP contribution in [-0.2, 0) is 128 Å². The number of H-pyrrole nitrogens is 2. The summed E-state index contributed by atoms with van der Waals surface area (Å²) in [5.74, 6) is -28.2. The predicted octanol–water partition coefficient (Wildman–Crippen LogP) is -11.8. The second kappa shape index (κ2) is 67.3. The molecule has 0 aromatic carbocycles. The molecule has 1 saturated heterocycles. The Labute approximate surface area is 853 Å². The first kappa shape index (κ1) is 128. The summed E-state index contributed by atoms with van der Waals surface area (Å²) in [6, 6.07) is -25.0. The van der Waals surface area contributed by atoms with E-state index in [2.05, 4.69) is 116 Å². The number of aliphatic hydroxyl groups excluding tert-OH is 2. The van der Waals surface area contributed by atoms with Crippen LogP contribution >= 0.6 is 0 Å². The molecular weight excluding hydrogens is 1950 g/mol. The molecule has 21 amide bonds. The topological polar surface area (TPSA) is 944 Å². The molecular formula is C90H149N29O29. The first-order chi connectivity index (χ1) is 69.9. The zero-order valence-electron chi connectivity index (χ0n) is 84.3. The second-order valence-corrected chi connectivity index (χ2v) is 36.7. The van der Waals surface area contributed by atoms with E-state index in [1.165, 1.54) is 57.6 Å². The second-order valence-electron chi connectivity index (χ2n) is 36.7. The van der Waals surface area contributed by atoms with E-state index in [1.807, 2.05) is 0 Å². The number of likely N-dealkylation sites (tertiary alicyclic amines) is 1. The lowest BCUT2D eigenvalue weighted by atomic mass is 9.96. The molecule has 0 unspecified atom stereocenters. The Morgan fingerprint density at radius 3 is 1.20 bits per heavy atom. The Kier molecular flexibility index (Phi) is 58.0. The number of primary amides is 2. The number of carbonyl (C=O) groups is 24. The molecule has 0 bridgehead atoms. The van der Waals surface area contributed by atoms with Gasteiger partial charge in [0.25, 0.3) is 0 Å². The smallest absolute Gasteiger partial charge is 0.326 e. The summed E-state index contributed by atoms with van der Waals surface area (Å²) < 4.78 is 0. The Hall–Kier alpha value is -14.5. The number of aromatic amines is 2. The summed E-state index contributed by atoms with van der Waals surface area (Å²) in [6.07, 6.45) is 2.14. The van der Waals surface area contributed by atoms with Crippen molar-refractivity contribution >= 4 is 142 Å². The highest BCUT2D eigenvalue weighted by molar-refractivity contribution is 6.02. The van der Waals surface area contributed by atoms with Crippen LogP contribution in [0.15, 0.2) is 25.0 Å². The maximum atomic E-state index is 14.8. The number of aromatic nitrogens is 4. The van der Waals surface area contributed by atoms with E-state index >= 15 is 0 Å². The van der Waals surface area contributed by atoms with Gasteiger partial charge in [0.15, 0.2) is 0 Å². The van der Waals surface area contributed by atoms with Crippen molar-refractivity contribution in [3.05, 3.63) is 36.4 Å². The van der Waals surface area contributed by atoms with Crippen molar-refractivity contribution in [1.82, 2.24) is 121 Å². The monoisotopic (exact) mass is 2100 g/mol. The molecule has 58 heteroatoms. The fraction of sp³-hybridized carbons (Fsp3) is 0.667. The van der Waals surface area contributed by atoms with Gasteiger partial charge < -0.3 is 171 Å². The Bertz CT molecular complexity index is 4780. The number of aliphatic hydroxyl groups is 2. The maximum Gasteiger partial charge on any atom is 0.326 e. The number of hydrogen-bond donors (Lipinski definition) is 31. The number of rotatable bonds is 73. The standard InChI is InChI=1S/C90H149N29O29/c1-9-48(8)74(118-83(140)61(34-65(96)123)106-69(127)40-101-76(133)58(31-45(2)3)112-75(132)51(94)41-120)88(145)114-60(33-50-36-98-44-104-50)82(139)113-59(32-49-35-97-43-103-49)81(138)110-56(18-11-14-28-92)89(146)119-30-16-20-63(119)85(142)102-38-67(125)99-37-66(124)100-39-68(126)105-53(21-24-64(95)122)79(136)116-73(47(6)7)87(144)109-55(23-26-71(130)131)80(137)117-72(46(4)5)86(143)108-52(17-10-13-27-91)77(134)115-62(42-121)84(141)107-54(22-25-70(128)129)78(135)111-57(90(147)148)19-12-15-29-93/h35-36,43-48,51-63,72-74,120-121H,9-34,37-42,91-94H2,1-8H3,(H2,95,122)(H2,96,123)(H,97,103)(H,98,104)(H,99,125)(H,100,124)(H,101,133)(H,102,142)(H,105,126)(H,106,127)(H,107,141)(H,108,143)(H,109,144)(H,110,138)(H,111,135)(H,112,132)(H,113,139)(H,114,145)(H,115,134)(H,116,136)(H,117,137)(H,118,140)(H,128,129)(H,130,131)(H,147,148)/t48-,51-,52-,53-,54-,55-,56-,57-,58-,59-,60-,61-,62-,63-,72-,73-,74-/m0/s1. The van der Waals surface area contributed by atoms with Gasteiger partial charge in [-0.05, 0) is 140 Å². The zero-order valence-corrected chi connectivity index (χ0v) is 84.3. The molecule has 1 fully saturated rings. The number of imidazole rings is 2. The van der Waals surface area contributed by atoms with E-state index < -0.39 is 341 Å². The molecule has 17 atom stereocenters. The molecule has 3 heterocycles. The molecule has 148 heavy (non-hydrogen) atoms. The quantitative estimate of drug-likeness (QED) is 0.0274. The molecule has 2 aromatic rings. The highest BCUT2D eigenvalue weighted by Crippen LogP contribution is 2.22. The highest BCUT2D eigenvalue weighted by atomic mass is 16.4. The third-order valence-electron chi connectivity index (χ3n) is 23.4. The van der Waals surface area contributed by atoms with Gasteiger partial charge >= 0.3 is 17.9 Å². The number of hydrogen-bond acceptors (Lipinski definition) is 32. The molecule has 2 aromatic heterocycles. The largest absolute Gasteiger partial charge is 0.481 e. The van der Waals surface area contributed by atoms with Gasteiger partial charge in [-0.1, -0.05) is 61.8 Å². The first-order valence-corrected chi connectivity index (χ1v) is 48.8. The lowest BCUT2D eigenvalue weighted by molar-refractivity contribution is -0.143. The minimum absolute atomic E-state index is 0.0270. The highest BCUT2D eigenvalue weighted by Gasteiger charge is 2.43. The fourth-order valence-electron chi connectivity index (χ4n) is 14.9. The molecule has 1 aliphatic heterocycles. The van der Waals surface area contributed by atoms with E-state index in [9.17, 15) is 141 Å². The maximum absolute atomic E-state index is 14.8. The number of carboxylic acid groups (broad SMARTS) is 3. The van der Waals surface area contributed by atoms with Crippen LogP contribution in [0.4, 0.5) is 0 Å². The van der Waals surface area contributed by atoms with Crippen molar-refractivity contribution in [2.24, 2.45) is 58.1 Å². The van der Waals surface area contributed by atoms with Crippen molar-refractivity contribution in [2.45, 2.75) is 293 Å². The number of amides is 21. The zero-order chi connectivity index (χ0) is 111. The minimum Gasteiger partial charge on any atom is -0.481 e. The van der Waals surface area contributed by atoms with Crippen LogP contribution in [0.3, 0.4) is 0 Å². The van der Waals surface area contributed by atoms with E-state index in [-0.39, 0.29) is 127 Å². The summed E-state index contributed by atoms with van der Waals surface area (Å²) in [4.78, 5) is 339. The molecule has 0 saturated carbocycles. The number of nitrogens with two attached hydrogens (primary N) is 6. The number of nitrogens with zero attached hydrogens (tertiary/aromatic N) is 3. The molecule has 3 rings (SSSR count). The Morgan fingerprint density at radius 1 is 0.392 bits per heavy atom. The average Bonchev–Trinajstić information content (AvgIpc) is 1.67. The summed E-state index contributed by atoms with van der Waals surface area (Å²) in [5, 5.41) is 91.9. The number of carboxylic acids is 3. The normalized spacial score (nSPS) is 15.4. The summed E-state index contributed by atoms with van der Waals surface area (Å²) in [5.41, 5.74) is 34.1. The van der Waals surface area contributed by atoms with Crippen molar-refractivity contribution in [2.75, 3.05) is 65.6 Å². The van der Waals surface area contributed by atoms with Gasteiger partial charge in [-0.25, -0.2) is 14.8 Å². The van der Waals surface area contributed by atoms with Gasteiger partial charge in [-0.2, -0.15) is 0 Å². The van der Waals surface area contributed by atoms with Gasteiger partial charge in [-0.3, -0.25) is 110 Å². The van der Waals surface area contributed by atoms with Crippen molar-refractivity contribution in [3.63, 3.8) is 0 Å². The third-order valence-corrected chi connectivity index (χ3v) is 23.4. The number of nitrogens with one attached hydrogen (secondary N) is 20. The SMILES string of the molecule is CC[C@H](C)[C@H](NC(=O)[C@H](CC(N)=O)NC(=O)CNC(=O)[C@H](CC(C)C)NC(=O)[C@@H](N)CO)C(=O)N[C@@H](Cc1c[nH]cn1)C(=O)N[C@@H](Cc1c[nH]cn1)C(=O)N[C@@H](CCCCN)C(=O)N1CCC[C@H]1C(=O)NCC(=O)NCC(=O)NCC(=O)N[C@@H](CCC(N)=O)C(=O)N[C@H](C(=O)N[C@@H](CCC(=O)O)C(=O)N[C@H](C(=O)N[C@@H](CCCCN)C(=O)N[C@@H](CO)C(=O)N[C@@H](CCC(=O)O)C(=O)N[C@@H](CCCCN)C(=O)O)C(C)C)C(C)C. The number of unbranched alkanes of at least 4 members (excludes halogenated alkanes) is 3. The van der Waals surface area contributed by atoms with Gasteiger partial charge in [0.05, 0.1) is 69.9 Å². The van der Waals surface area contributed by atoms with Crippen LogP contribution in [0.5, 0.6) is 0 Å². The third kappa shape index (κ3) is 47.3. The molecule has 37 N–H and O–H groups in total. The minimum atomic E-state index is -1.89. The fourth-order valence-corrected chi connectivity index (χ4v) is 14.9. The Balaban J connectivity index is 1.77. The molecule has 0 spiro atoms. The van der Waals surface area contributed by atoms with E-state index in [0.29, 0.717) is 12.8 Å². The number of aliphatic carboxylic acids is 3. The van der Waals surface area contributed by atoms with Crippen molar-refractivity contribution < 1.29 is 141 Å². The van der Waals surface area contributed by atoms with Crippen LogP contribution in [0.25, 0.3) is 0 Å². The van der Waals surface area contributed by atoms with Crippen LogP contribution in [0.2, 0.25) is 0 Å². The molecule has 1 aliphatic rings. The first-order valence-electron chi connectivity index (χ1n) is 48.8. The van der Waals surface area contributed by atoms with Crippen LogP contribution < -0.4 is 130 Å². The summed E-state index contributed by atoms with van der Waals surface area (Å²) in [6.45, 7) is 7.84. The molecule has 58 nitrogen and oxygen atoms in total. The molecule has 0 radical (unpaired) electrons. The van der Waals surface area contributed by atoms with Crippen LogP contribution in [0, 0.1) is 23.7 Å². The Morgan fingerprint density at radius 2 is 0.764 bits per heavy atom. The predicted molar refractivity (Wildman–Crippen MR) is 521 cm³/mol. The van der Waals surface area contributed by atoms with Gasteiger partial charge in [0.1, 0.15) is 96.7 Å². The van der Waals surface area contributed by atoms with Gasteiger partial charge in [0, 0.05) is 51.0 Å². The van der Waals surface area contributed by atoms with Crippen molar-refractivity contribution in [3.8, 4) is 0 Å². The van der Waals surface area contributed by atoms with Crippen molar-refractivity contribution in [1.29, 1.82) is 0 Å². The summed E-state index contributed by atoms with van der Waals surface area (Å²) >= 11 is 0. The van der Waals surface area contributed by atoms with E-state index in [4.69, 9.17) is 34.4 Å². The van der Waals surface area contributed by atoms with E-state index in [0.717, 1.165) is 0 Å². The van der Waals surface area contributed by atoms with Gasteiger partial charge in [-0.15, -0.1) is 0 Å². The van der Waals surface area contributed by atoms with Gasteiger partial charge in [0.2, 0.25) is 124 Å². The van der Waals surface area contributed by atoms with Crippen LogP contribution in [0.1, 0.15) is 195 Å².